The van der Waals surface area contributed by atoms with Gasteiger partial charge in [-0.25, -0.2) is 17.7 Å². The summed E-state index contributed by atoms with van der Waals surface area (Å²) >= 11 is 0. The maximum atomic E-state index is 12.5. The van der Waals surface area contributed by atoms with Crippen LogP contribution in [0.3, 0.4) is 0 Å². The van der Waals surface area contributed by atoms with Gasteiger partial charge in [-0.1, -0.05) is 18.2 Å². The SMILES string of the molecule is CCNC(=NCc1ccccc1S(=O)(=O)N(C)C)NCCCOCC1CCOC1. The normalized spacial score (nSPS) is 17.7. The number of hydrogen-bond donors (Lipinski definition) is 2. The van der Waals surface area contributed by atoms with Crippen molar-refractivity contribution in [2.24, 2.45) is 10.9 Å². The quantitative estimate of drug-likeness (QED) is 0.316. The Morgan fingerprint density at radius 3 is 2.79 bits per heavy atom. The largest absolute Gasteiger partial charge is 0.381 e. The molecule has 0 aliphatic carbocycles. The second-order valence-corrected chi connectivity index (χ2v) is 9.30. The molecule has 1 saturated heterocycles. The zero-order valence-corrected chi connectivity index (χ0v) is 18.5. The Morgan fingerprint density at radius 2 is 2.10 bits per heavy atom. The molecule has 1 aliphatic rings. The molecule has 1 aromatic carbocycles. The van der Waals surface area contributed by atoms with Crippen LogP contribution in [0.5, 0.6) is 0 Å². The average Bonchev–Trinajstić information content (AvgIpc) is 3.22. The lowest BCUT2D eigenvalue weighted by Gasteiger charge is -2.15. The van der Waals surface area contributed by atoms with Crippen molar-refractivity contribution in [3.8, 4) is 0 Å². The van der Waals surface area contributed by atoms with Crippen LogP contribution in [0.4, 0.5) is 0 Å². The van der Waals surface area contributed by atoms with E-state index in [0.29, 0.717) is 24.0 Å². The van der Waals surface area contributed by atoms with Crippen LogP contribution in [0, 0.1) is 5.92 Å². The highest BCUT2D eigenvalue weighted by atomic mass is 32.2. The van der Waals surface area contributed by atoms with Crippen LogP contribution in [0.25, 0.3) is 0 Å². The van der Waals surface area contributed by atoms with Crippen molar-refractivity contribution in [2.75, 3.05) is 53.6 Å². The van der Waals surface area contributed by atoms with Gasteiger partial charge in [0.1, 0.15) is 0 Å². The molecule has 0 saturated carbocycles. The highest BCUT2D eigenvalue weighted by molar-refractivity contribution is 7.89. The van der Waals surface area contributed by atoms with E-state index >= 15 is 0 Å². The van der Waals surface area contributed by atoms with Gasteiger partial charge in [-0.15, -0.1) is 0 Å². The van der Waals surface area contributed by atoms with Crippen molar-refractivity contribution in [3.63, 3.8) is 0 Å². The Bertz CT molecular complexity index is 747. The summed E-state index contributed by atoms with van der Waals surface area (Å²) in [5, 5.41) is 6.47. The summed E-state index contributed by atoms with van der Waals surface area (Å²) in [6, 6.07) is 6.97. The fraction of sp³-hybridized carbons (Fsp3) is 0.650. The topological polar surface area (TPSA) is 92.3 Å². The van der Waals surface area contributed by atoms with Crippen LogP contribution in [0.2, 0.25) is 0 Å². The van der Waals surface area contributed by atoms with E-state index < -0.39 is 10.0 Å². The van der Waals surface area contributed by atoms with E-state index in [1.165, 1.54) is 18.4 Å². The summed E-state index contributed by atoms with van der Waals surface area (Å²) in [7, 11) is -0.443. The zero-order chi connectivity index (χ0) is 21.1. The predicted octanol–water partition coefficient (Wildman–Crippen LogP) is 1.44. The Morgan fingerprint density at radius 1 is 1.31 bits per heavy atom. The molecule has 1 aromatic rings. The number of rotatable bonds is 11. The summed E-state index contributed by atoms with van der Waals surface area (Å²) in [5.74, 6) is 1.19. The van der Waals surface area contributed by atoms with E-state index in [1.54, 1.807) is 18.2 Å². The third-order valence-electron chi connectivity index (χ3n) is 4.62. The number of guanidine groups is 1. The molecule has 0 aromatic heterocycles. The van der Waals surface area contributed by atoms with Gasteiger partial charge in [0.2, 0.25) is 10.0 Å². The van der Waals surface area contributed by atoms with E-state index in [0.717, 1.165) is 45.8 Å². The molecule has 1 unspecified atom stereocenters. The summed E-state index contributed by atoms with van der Waals surface area (Å²) in [5.41, 5.74) is 0.667. The van der Waals surface area contributed by atoms with Crippen molar-refractivity contribution < 1.29 is 17.9 Å². The van der Waals surface area contributed by atoms with E-state index in [1.807, 2.05) is 13.0 Å². The molecule has 29 heavy (non-hydrogen) atoms. The molecule has 0 spiro atoms. The van der Waals surface area contributed by atoms with Crippen molar-refractivity contribution in [3.05, 3.63) is 29.8 Å². The minimum atomic E-state index is -3.50. The second kappa shape index (κ2) is 12.1. The predicted molar refractivity (Wildman–Crippen MR) is 114 cm³/mol. The van der Waals surface area contributed by atoms with Crippen molar-refractivity contribution >= 4 is 16.0 Å². The molecule has 0 radical (unpaired) electrons. The molecule has 2 N–H and O–H groups in total. The Kier molecular flexibility index (Phi) is 9.86. The van der Waals surface area contributed by atoms with E-state index in [4.69, 9.17) is 9.47 Å². The molecule has 0 amide bonds. The van der Waals surface area contributed by atoms with Crippen molar-refractivity contribution in [2.45, 2.75) is 31.2 Å². The van der Waals surface area contributed by atoms with Gasteiger partial charge in [0, 0.05) is 46.3 Å². The minimum Gasteiger partial charge on any atom is -0.381 e. The highest BCUT2D eigenvalue weighted by Gasteiger charge is 2.20. The number of nitrogens with zero attached hydrogens (tertiary/aromatic N) is 2. The number of nitrogens with one attached hydrogen (secondary N) is 2. The van der Waals surface area contributed by atoms with Gasteiger partial charge in [0.05, 0.1) is 24.7 Å². The maximum Gasteiger partial charge on any atom is 0.242 e. The van der Waals surface area contributed by atoms with Crippen LogP contribution in [0.1, 0.15) is 25.3 Å². The molecule has 164 valence electrons. The molecular weight excluding hydrogens is 392 g/mol. The number of benzene rings is 1. The van der Waals surface area contributed by atoms with Gasteiger partial charge in [0.15, 0.2) is 5.96 Å². The summed E-state index contributed by atoms with van der Waals surface area (Å²) in [6.07, 6.45) is 1.95. The molecule has 1 fully saturated rings. The first kappa shape index (κ1) is 23.6. The van der Waals surface area contributed by atoms with Crippen molar-refractivity contribution in [1.29, 1.82) is 0 Å². The Labute approximate surface area is 174 Å². The fourth-order valence-electron chi connectivity index (χ4n) is 2.93. The Hall–Kier alpha value is -1.68. The van der Waals surface area contributed by atoms with Gasteiger partial charge < -0.3 is 20.1 Å². The first-order chi connectivity index (χ1) is 13.9. The maximum absolute atomic E-state index is 12.5. The van der Waals surface area contributed by atoms with Crippen LogP contribution in [-0.2, 0) is 26.0 Å². The summed E-state index contributed by atoms with van der Waals surface area (Å²) in [6.45, 7) is 6.81. The number of ether oxygens (including phenoxy) is 2. The first-order valence-corrected chi connectivity index (χ1v) is 11.6. The molecule has 8 nitrogen and oxygen atoms in total. The lowest BCUT2D eigenvalue weighted by Crippen LogP contribution is -2.38. The van der Waals surface area contributed by atoms with Gasteiger partial charge in [-0.05, 0) is 31.4 Å². The monoisotopic (exact) mass is 426 g/mol. The lowest BCUT2D eigenvalue weighted by atomic mass is 10.1. The standard InChI is InChI=1S/C20H34N4O4S/c1-4-21-20(22-11-7-12-27-15-17-10-13-28-16-17)23-14-18-8-5-6-9-19(18)29(25,26)24(2)3/h5-6,8-9,17H,4,7,10-16H2,1-3H3,(H2,21,22,23). The van der Waals surface area contributed by atoms with E-state index in [-0.39, 0.29) is 11.4 Å². The smallest absolute Gasteiger partial charge is 0.242 e. The lowest BCUT2D eigenvalue weighted by molar-refractivity contribution is 0.0888. The molecule has 1 atom stereocenters. The summed E-state index contributed by atoms with van der Waals surface area (Å²) < 4.78 is 37.3. The minimum absolute atomic E-state index is 0.275. The Balaban J connectivity index is 1.85. The molecule has 0 bridgehead atoms. The molecule has 1 heterocycles. The molecule has 9 heteroatoms. The number of hydrogen-bond acceptors (Lipinski definition) is 5. The second-order valence-electron chi connectivity index (χ2n) is 7.18. The van der Waals surface area contributed by atoms with E-state index in [9.17, 15) is 8.42 Å². The average molecular weight is 427 g/mol. The molecule has 1 aliphatic heterocycles. The van der Waals surface area contributed by atoms with Crippen LogP contribution < -0.4 is 10.6 Å². The molecule has 2 rings (SSSR count). The number of sulfonamides is 1. The summed E-state index contributed by atoms with van der Waals surface area (Å²) in [4.78, 5) is 4.84. The van der Waals surface area contributed by atoms with Gasteiger partial charge in [0.25, 0.3) is 0 Å². The highest BCUT2D eigenvalue weighted by Crippen LogP contribution is 2.19. The van der Waals surface area contributed by atoms with Crippen LogP contribution in [0.15, 0.2) is 34.2 Å². The van der Waals surface area contributed by atoms with Crippen molar-refractivity contribution in [1.82, 2.24) is 14.9 Å². The van der Waals surface area contributed by atoms with Crippen LogP contribution in [-0.4, -0.2) is 72.3 Å². The van der Waals surface area contributed by atoms with Crippen LogP contribution >= 0.6 is 0 Å². The van der Waals surface area contributed by atoms with Gasteiger partial charge in [-0.3, -0.25) is 0 Å². The first-order valence-electron chi connectivity index (χ1n) is 10.1. The molecular formula is C20H34N4O4S. The number of aliphatic imine (C=N–C) groups is 1. The third-order valence-corrected chi connectivity index (χ3v) is 6.53. The van der Waals surface area contributed by atoms with Gasteiger partial charge in [-0.2, -0.15) is 0 Å². The third kappa shape index (κ3) is 7.58. The van der Waals surface area contributed by atoms with Gasteiger partial charge >= 0.3 is 0 Å². The fourth-order valence-corrected chi connectivity index (χ4v) is 4.04. The zero-order valence-electron chi connectivity index (χ0n) is 17.7. The van der Waals surface area contributed by atoms with E-state index in [2.05, 4.69) is 15.6 Å².